The van der Waals surface area contributed by atoms with Crippen molar-refractivity contribution in [3.8, 4) is 5.75 Å². The van der Waals surface area contributed by atoms with Crippen molar-refractivity contribution < 1.29 is 31.5 Å². The standard InChI is InChI=1S/C22H19F2N3O5S/c1-2-32-17-8-10-18(11-9-17)33(30,31)27-16-6-3-14(4-7-16)21(28)25-26-22(29)19-12-5-15(23)13-20(19)24/h3-13,27H,2H2,1H3,(H,25,28)(H,26,29). The maximum atomic E-state index is 13.6. The van der Waals surface area contributed by atoms with E-state index in [1.807, 2.05) is 12.3 Å². The Morgan fingerprint density at radius 3 is 2.12 bits per heavy atom. The average molecular weight is 475 g/mol. The number of amides is 2. The quantitative estimate of drug-likeness (QED) is 0.454. The largest absolute Gasteiger partial charge is 0.494 e. The van der Waals surface area contributed by atoms with E-state index >= 15 is 0 Å². The molecule has 0 saturated carbocycles. The molecule has 0 atom stereocenters. The third-order valence-corrected chi connectivity index (χ3v) is 5.71. The SMILES string of the molecule is CCOc1ccc(S(=O)(=O)Nc2ccc(C(=O)NNC(=O)c3ccc(F)cc3F)cc2)cc1. The Labute approximate surface area is 188 Å². The van der Waals surface area contributed by atoms with E-state index in [4.69, 9.17) is 4.74 Å². The summed E-state index contributed by atoms with van der Waals surface area (Å²) >= 11 is 0. The van der Waals surface area contributed by atoms with Gasteiger partial charge in [-0.3, -0.25) is 25.2 Å². The van der Waals surface area contributed by atoms with Crippen molar-refractivity contribution in [3.05, 3.63) is 89.5 Å². The number of sulfonamides is 1. The molecule has 0 heterocycles. The first-order valence-electron chi connectivity index (χ1n) is 9.61. The van der Waals surface area contributed by atoms with Gasteiger partial charge in [-0.05, 0) is 67.6 Å². The first kappa shape index (κ1) is 23.7. The van der Waals surface area contributed by atoms with Gasteiger partial charge >= 0.3 is 0 Å². The molecule has 3 aromatic rings. The number of ether oxygens (including phenoxy) is 1. The van der Waals surface area contributed by atoms with E-state index in [1.165, 1.54) is 48.5 Å². The summed E-state index contributed by atoms with van der Waals surface area (Å²) in [6.45, 7) is 2.27. The number of benzene rings is 3. The third-order valence-electron chi connectivity index (χ3n) is 4.31. The zero-order chi connectivity index (χ0) is 24.0. The van der Waals surface area contributed by atoms with Crippen LogP contribution in [0.1, 0.15) is 27.6 Å². The first-order chi connectivity index (χ1) is 15.7. The molecule has 0 spiro atoms. The third kappa shape index (κ3) is 6.04. The van der Waals surface area contributed by atoms with E-state index < -0.39 is 39.0 Å². The lowest BCUT2D eigenvalue weighted by Gasteiger charge is -2.11. The fourth-order valence-electron chi connectivity index (χ4n) is 2.71. The Morgan fingerprint density at radius 1 is 0.879 bits per heavy atom. The van der Waals surface area contributed by atoms with Gasteiger partial charge in [0.1, 0.15) is 17.4 Å². The van der Waals surface area contributed by atoms with Crippen molar-refractivity contribution in [2.24, 2.45) is 0 Å². The minimum atomic E-state index is -3.86. The molecule has 0 fully saturated rings. The Kier molecular flexibility index (Phi) is 7.23. The van der Waals surface area contributed by atoms with Gasteiger partial charge in [-0.15, -0.1) is 0 Å². The van der Waals surface area contributed by atoms with Crippen LogP contribution in [0.2, 0.25) is 0 Å². The molecule has 172 valence electrons. The minimum absolute atomic E-state index is 0.0310. The summed E-state index contributed by atoms with van der Waals surface area (Å²) in [5, 5.41) is 0. The second kappa shape index (κ2) is 10.1. The molecule has 3 aromatic carbocycles. The van der Waals surface area contributed by atoms with Crippen molar-refractivity contribution in [1.82, 2.24) is 10.9 Å². The van der Waals surface area contributed by atoms with E-state index in [0.717, 1.165) is 12.1 Å². The highest BCUT2D eigenvalue weighted by Crippen LogP contribution is 2.20. The van der Waals surface area contributed by atoms with Crippen molar-refractivity contribution in [3.63, 3.8) is 0 Å². The molecule has 0 unspecified atom stereocenters. The lowest BCUT2D eigenvalue weighted by Crippen LogP contribution is -2.41. The Hall–Kier alpha value is -3.99. The zero-order valence-corrected chi connectivity index (χ0v) is 18.1. The van der Waals surface area contributed by atoms with Crippen molar-refractivity contribution in [1.29, 1.82) is 0 Å². The highest BCUT2D eigenvalue weighted by molar-refractivity contribution is 7.92. The van der Waals surface area contributed by atoms with Gasteiger partial charge in [-0.1, -0.05) is 0 Å². The van der Waals surface area contributed by atoms with E-state index in [-0.39, 0.29) is 16.1 Å². The molecule has 8 nitrogen and oxygen atoms in total. The zero-order valence-electron chi connectivity index (χ0n) is 17.3. The molecule has 0 aliphatic heterocycles. The van der Waals surface area contributed by atoms with Crippen LogP contribution in [0.25, 0.3) is 0 Å². The highest BCUT2D eigenvalue weighted by atomic mass is 32.2. The maximum Gasteiger partial charge on any atom is 0.272 e. The lowest BCUT2D eigenvalue weighted by atomic mass is 10.2. The van der Waals surface area contributed by atoms with Crippen molar-refractivity contribution in [2.75, 3.05) is 11.3 Å². The second-order valence-electron chi connectivity index (χ2n) is 6.62. The molecule has 0 bridgehead atoms. The van der Waals surface area contributed by atoms with Crippen molar-refractivity contribution >= 4 is 27.5 Å². The number of carbonyl (C=O) groups is 2. The molecule has 11 heteroatoms. The second-order valence-corrected chi connectivity index (χ2v) is 8.30. The maximum absolute atomic E-state index is 13.6. The number of nitrogens with one attached hydrogen (secondary N) is 3. The Morgan fingerprint density at radius 2 is 1.52 bits per heavy atom. The van der Waals surface area contributed by atoms with Crippen LogP contribution in [-0.4, -0.2) is 26.8 Å². The van der Waals surface area contributed by atoms with E-state index in [1.54, 1.807) is 0 Å². The molecule has 0 radical (unpaired) electrons. The van der Waals surface area contributed by atoms with Gasteiger partial charge < -0.3 is 4.74 Å². The normalized spacial score (nSPS) is 10.9. The van der Waals surface area contributed by atoms with Gasteiger partial charge in [0.15, 0.2) is 0 Å². The number of hydrogen-bond donors (Lipinski definition) is 3. The molecule has 0 saturated heterocycles. The van der Waals surface area contributed by atoms with Crippen LogP contribution in [0, 0.1) is 11.6 Å². The van der Waals surface area contributed by atoms with Gasteiger partial charge in [0.25, 0.3) is 21.8 Å². The molecule has 33 heavy (non-hydrogen) atoms. The first-order valence-corrected chi connectivity index (χ1v) is 11.1. The number of halogens is 2. The molecular weight excluding hydrogens is 456 g/mol. The van der Waals surface area contributed by atoms with Gasteiger partial charge in [-0.2, -0.15) is 0 Å². The molecule has 0 aliphatic carbocycles. The summed E-state index contributed by atoms with van der Waals surface area (Å²) in [7, 11) is -3.86. The summed E-state index contributed by atoms with van der Waals surface area (Å²) in [5.41, 5.74) is 3.98. The van der Waals surface area contributed by atoms with Gasteiger partial charge in [0.2, 0.25) is 0 Å². The fraction of sp³-hybridized carbons (Fsp3) is 0.0909. The minimum Gasteiger partial charge on any atom is -0.494 e. The predicted molar refractivity (Wildman–Crippen MR) is 116 cm³/mol. The van der Waals surface area contributed by atoms with E-state index in [9.17, 15) is 26.8 Å². The molecular formula is C22H19F2N3O5S. The smallest absolute Gasteiger partial charge is 0.272 e. The van der Waals surface area contributed by atoms with Gasteiger partial charge in [0, 0.05) is 17.3 Å². The van der Waals surface area contributed by atoms with Crippen LogP contribution in [0.4, 0.5) is 14.5 Å². The van der Waals surface area contributed by atoms with Crippen LogP contribution in [-0.2, 0) is 10.0 Å². The number of rotatable bonds is 7. The van der Waals surface area contributed by atoms with E-state index in [0.29, 0.717) is 18.4 Å². The van der Waals surface area contributed by atoms with Crippen LogP contribution in [0.3, 0.4) is 0 Å². The Bertz CT molecular complexity index is 1260. The highest BCUT2D eigenvalue weighted by Gasteiger charge is 2.16. The summed E-state index contributed by atoms with van der Waals surface area (Å²) in [6.07, 6.45) is 0. The Balaban J connectivity index is 1.60. The van der Waals surface area contributed by atoms with Crippen LogP contribution >= 0.6 is 0 Å². The number of hydrazine groups is 1. The summed E-state index contributed by atoms with van der Waals surface area (Å²) < 4.78 is 59.3. The van der Waals surface area contributed by atoms with E-state index in [2.05, 4.69) is 10.1 Å². The molecule has 3 N–H and O–H groups in total. The molecule has 2 amide bonds. The molecule has 3 rings (SSSR count). The van der Waals surface area contributed by atoms with Crippen LogP contribution < -0.4 is 20.3 Å². The lowest BCUT2D eigenvalue weighted by molar-refractivity contribution is 0.0844. The van der Waals surface area contributed by atoms with Crippen molar-refractivity contribution in [2.45, 2.75) is 11.8 Å². The molecule has 0 aliphatic rings. The van der Waals surface area contributed by atoms with Crippen LogP contribution in [0.15, 0.2) is 71.6 Å². The number of carbonyl (C=O) groups excluding carboxylic acids is 2. The van der Waals surface area contributed by atoms with Crippen LogP contribution in [0.5, 0.6) is 5.75 Å². The summed E-state index contributed by atoms with van der Waals surface area (Å²) in [4.78, 5) is 24.2. The summed E-state index contributed by atoms with van der Waals surface area (Å²) in [5.74, 6) is -3.08. The number of hydrogen-bond acceptors (Lipinski definition) is 5. The predicted octanol–water partition coefficient (Wildman–Crippen LogP) is 3.24. The summed E-state index contributed by atoms with van der Waals surface area (Å²) in [6, 6.07) is 13.7. The van der Waals surface area contributed by atoms with Gasteiger partial charge in [0.05, 0.1) is 17.1 Å². The fourth-order valence-corrected chi connectivity index (χ4v) is 3.77. The number of anilines is 1. The average Bonchev–Trinajstić information content (AvgIpc) is 2.78. The van der Waals surface area contributed by atoms with Gasteiger partial charge in [-0.25, -0.2) is 17.2 Å². The monoisotopic (exact) mass is 475 g/mol. The topological polar surface area (TPSA) is 114 Å². The molecule has 0 aromatic heterocycles.